The molecule has 0 aliphatic rings. The summed E-state index contributed by atoms with van der Waals surface area (Å²) in [6.45, 7) is 1.39. The van der Waals surface area contributed by atoms with Gasteiger partial charge in [-0.3, -0.25) is 9.59 Å². The first-order valence-electron chi connectivity index (χ1n) is 10.5. The number of carbonyl (C=O) groups excluding carboxylic acids is 1. The lowest BCUT2D eigenvalue weighted by Gasteiger charge is -2.16. The standard InChI is InChI=1S/C24H26N4O5S/c1-16-5-13-20(14-6-16)34(32,33)28-21(24(30)31)15-26-23(29)18-10-7-17(8-11-18)9-12-19-3-2-4-22(25)27-19/h2-8,10-11,13-14,21,28H,9,12,15H2,1H3,(H2,25,27)(H,26,29)(H,30,31)/t21-/m0/s1. The normalized spacial score (nSPS) is 12.1. The Kier molecular flexibility index (Phi) is 7.98. The predicted molar refractivity (Wildman–Crippen MR) is 128 cm³/mol. The molecule has 0 bridgehead atoms. The second kappa shape index (κ2) is 10.9. The van der Waals surface area contributed by atoms with Crippen molar-refractivity contribution in [2.24, 2.45) is 0 Å². The molecule has 0 aliphatic heterocycles. The van der Waals surface area contributed by atoms with Gasteiger partial charge in [-0.1, -0.05) is 35.9 Å². The molecule has 0 saturated heterocycles. The first-order valence-corrected chi connectivity index (χ1v) is 12.0. The third kappa shape index (κ3) is 6.87. The molecule has 34 heavy (non-hydrogen) atoms. The van der Waals surface area contributed by atoms with Crippen LogP contribution in [0, 0.1) is 6.92 Å². The number of carbonyl (C=O) groups is 2. The van der Waals surface area contributed by atoms with Gasteiger partial charge in [0.15, 0.2) is 0 Å². The molecule has 1 atom stereocenters. The summed E-state index contributed by atoms with van der Waals surface area (Å²) in [6.07, 6.45) is 1.40. The zero-order chi connectivity index (χ0) is 24.7. The summed E-state index contributed by atoms with van der Waals surface area (Å²) in [4.78, 5) is 28.2. The van der Waals surface area contributed by atoms with Gasteiger partial charge in [-0.2, -0.15) is 4.72 Å². The van der Waals surface area contributed by atoms with Crippen molar-refractivity contribution in [2.75, 3.05) is 12.3 Å². The molecule has 1 aromatic heterocycles. The van der Waals surface area contributed by atoms with Crippen molar-refractivity contribution in [2.45, 2.75) is 30.7 Å². The van der Waals surface area contributed by atoms with Crippen LogP contribution in [-0.2, 0) is 27.7 Å². The van der Waals surface area contributed by atoms with Crippen LogP contribution in [0.4, 0.5) is 5.82 Å². The number of carboxylic acid groups (broad SMARTS) is 1. The van der Waals surface area contributed by atoms with Crippen LogP contribution in [0.25, 0.3) is 0 Å². The number of nitrogens with two attached hydrogens (primary N) is 1. The molecule has 9 nitrogen and oxygen atoms in total. The monoisotopic (exact) mass is 482 g/mol. The number of nitrogens with zero attached hydrogens (tertiary/aromatic N) is 1. The Hall–Kier alpha value is -3.76. The number of hydrogen-bond donors (Lipinski definition) is 4. The second-order valence-corrected chi connectivity index (χ2v) is 9.50. The van der Waals surface area contributed by atoms with Crippen molar-refractivity contribution < 1.29 is 23.1 Å². The number of benzene rings is 2. The highest BCUT2D eigenvalue weighted by atomic mass is 32.2. The van der Waals surface area contributed by atoms with Gasteiger partial charge in [0.25, 0.3) is 5.91 Å². The third-order valence-electron chi connectivity index (χ3n) is 5.11. The van der Waals surface area contributed by atoms with Gasteiger partial charge in [0.2, 0.25) is 10.0 Å². The molecule has 0 radical (unpaired) electrons. The number of rotatable bonds is 10. The zero-order valence-corrected chi connectivity index (χ0v) is 19.4. The van der Waals surface area contributed by atoms with E-state index in [1.54, 1.807) is 42.5 Å². The van der Waals surface area contributed by atoms with Crippen molar-refractivity contribution >= 4 is 27.7 Å². The number of aromatic nitrogens is 1. The van der Waals surface area contributed by atoms with E-state index in [2.05, 4.69) is 15.0 Å². The minimum atomic E-state index is -4.07. The first kappa shape index (κ1) is 24.9. The molecule has 2 aromatic carbocycles. The Morgan fingerprint density at radius 3 is 2.29 bits per heavy atom. The Labute approximate surface area is 198 Å². The third-order valence-corrected chi connectivity index (χ3v) is 6.60. The number of amides is 1. The topological polar surface area (TPSA) is 151 Å². The molecule has 0 unspecified atom stereocenters. The van der Waals surface area contributed by atoms with Gasteiger partial charge < -0.3 is 16.2 Å². The highest BCUT2D eigenvalue weighted by Crippen LogP contribution is 2.12. The summed E-state index contributed by atoms with van der Waals surface area (Å²) >= 11 is 0. The van der Waals surface area contributed by atoms with Crippen LogP contribution in [0.2, 0.25) is 0 Å². The number of nitrogen functional groups attached to an aromatic ring is 1. The molecule has 0 fully saturated rings. The van der Waals surface area contributed by atoms with E-state index >= 15 is 0 Å². The van der Waals surface area contributed by atoms with Crippen molar-refractivity contribution in [3.8, 4) is 0 Å². The van der Waals surface area contributed by atoms with Crippen LogP contribution in [-0.4, -0.2) is 43.0 Å². The fraction of sp³-hybridized carbons (Fsp3) is 0.208. The maximum absolute atomic E-state index is 12.5. The molecule has 178 valence electrons. The minimum absolute atomic E-state index is 0.0559. The quantitative estimate of drug-likeness (QED) is 0.344. The van der Waals surface area contributed by atoms with Crippen LogP contribution in [0.15, 0.2) is 71.6 Å². The smallest absolute Gasteiger partial charge is 0.323 e. The van der Waals surface area contributed by atoms with Crippen molar-refractivity contribution in [3.63, 3.8) is 0 Å². The maximum atomic E-state index is 12.5. The predicted octanol–water partition coefficient (Wildman–Crippen LogP) is 1.92. The van der Waals surface area contributed by atoms with Crippen LogP contribution in [0.1, 0.15) is 27.2 Å². The summed E-state index contributed by atoms with van der Waals surface area (Å²) < 4.78 is 27.1. The number of aliphatic carboxylic acids is 1. The van der Waals surface area contributed by atoms with Gasteiger partial charge >= 0.3 is 5.97 Å². The van der Waals surface area contributed by atoms with Crippen LogP contribution in [0.3, 0.4) is 0 Å². The van der Waals surface area contributed by atoms with Crippen molar-refractivity contribution in [1.82, 2.24) is 15.0 Å². The lowest BCUT2D eigenvalue weighted by Crippen LogP contribution is -2.48. The number of sulfonamides is 1. The van der Waals surface area contributed by atoms with E-state index in [1.807, 2.05) is 19.1 Å². The Morgan fingerprint density at radius 1 is 1.00 bits per heavy atom. The highest BCUT2D eigenvalue weighted by Gasteiger charge is 2.26. The number of anilines is 1. The number of nitrogens with one attached hydrogen (secondary N) is 2. The molecule has 0 aliphatic carbocycles. The Morgan fingerprint density at radius 2 is 1.68 bits per heavy atom. The molecule has 0 spiro atoms. The minimum Gasteiger partial charge on any atom is -0.480 e. The molecule has 1 heterocycles. The summed E-state index contributed by atoms with van der Waals surface area (Å²) in [5.74, 6) is -1.45. The van der Waals surface area contributed by atoms with Gasteiger partial charge in [-0.25, -0.2) is 13.4 Å². The molecule has 3 rings (SSSR count). The molecular weight excluding hydrogens is 456 g/mol. The highest BCUT2D eigenvalue weighted by molar-refractivity contribution is 7.89. The molecule has 0 saturated carbocycles. The summed E-state index contributed by atoms with van der Waals surface area (Å²) in [5.41, 5.74) is 8.75. The van der Waals surface area contributed by atoms with E-state index in [4.69, 9.17) is 5.73 Å². The fourth-order valence-electron chi connectivity index (χ4n) is 3.18. The Balaban J connectivity index is 1.57. The second-order valence-electron chi connectivity index (χ2n) is 7.79. The van der Waals surface area contributed by atoms with Crippen molar-refractivity contribution in [3.05, 3.63) is 89.1 Å². The van der Waals surface area contributed by atoms with Gasteiger partial charge in [0, 0.05) is 17.8 Å². The molecular formula is C24H26N4O5S. The molecule has 1 amide bonds. The zero-order valence-electron chi connectivity index (χ0n) is 18.6. The molecule has 3 aromatic rings. The van der Waals surface area contributed by atoms with E-state index in [0.717, 1.165) is 16.8 Å². The molecule has 10 heteroatoms. The van der Waals surface area contributed by atoms with E-state index in [9.17, 15) is 23.1 Å². The number of carboxylic acids is 1. The maximum Gasteiger partial charge on any atom is 0.323 e. The summed E-state index contributed by atoms with van der Waals surface area (Å²) in [6, 6.07) is 16.8. The van der Waals surface area contributed by atoms with Gasteiger partial charge in [-0.15, -0.1) is 0 Å². The fourth-order valence-corrected chi connectivity index (χ4v) is 4.37. The van der Waals surface area contributed by atoms with Gasteiger partial charge in [0.05, 0.1) is 4.90 Å². The number of pyridine rings is 1. The van der Waals surface area contributed by atoms with Gasteiger partial charge in [-0.05, 0) is 61.7 Å². The van der Waals surface area contributed by atoms with Gasteiger partial charge in [0.1, 0.15) is 11.9 Å². The molecule has 5 N–H and O–H groups in total. The largest absolute Gasteiger partial charge is 0.480 e. The van der Waals surface area contributed by atoms with Crippen LogP contribution in [0.5, 0.6) is 0 Å². The summed E-state index contributed by atoms with van der Waals surface area (Å²) in [7, 11) is -4.07. The van der Waals surface area contributed by atoms with Crippen molar-refractivity contribution in [1.29, 1.82) is 0 Å². The van der Waals surface area contributed by atoms with E-state index in [-0.39, 0.29) is 4.90 Å². The number of aryl methyl sites for hydroxylation is 3. The van der Waals surface area contributed by atoms with E-state index in [1.165, 1.54) is 12.1 Å². The first-order chi connectivity index (χ1) is 16.1. The average Bonchev–Trinajstić information content (AvgIpc) is 2.80. The van der Waals surface area contributed by atoms with E-state index < -0.39 is 34.5 Å². The van der Waals surface area contributed by atoms with E-state index in [0.29, 0.717) is 24.2 Å². The van der Waals surface area contributed by atoms with Crippen LogP contribution < -0.4 is 15.8 Å². The average molecular weight is 483 g/mol. The SMILES string of the molecule is Cc1ccc(S(=O)(=O)N[C@@H](CNC(=O)c2ccc(CCc3cccc(N)n3)cc2)C(=O)O)cc1. The van der Waals surface area contributed by atoms with Crippen LogP contribution >= 0.6 is 0 Å². The Bertz CT molecular complexity index is 1260. The number of hydrogen-bond acceptors (Lipinski definition) is 6. The lowest BCUT2D eigenvalue weighted by molar-refractivity contribution is -0.138. The summed E-state index contributed by atoms with van der Waals surface area (Å²) in [5, 5.41) is 11.9. The lowest BCUT2D eigenvalue weighted by atomic mass is 10.1.